The maximum Gasteiger partial charge on any atom is 0.259 e. The van der Waals surface area contributed by atoms with Gasteiger partial charge in [0.2, 0.25) is 11.7 Å². The molecule has 0 radical (unpaired) electrons. The molecule has 0 aliphatic rings. The SMILES string of the molecule is CCOc1ccccc1C(=O)Nc1ccc(-c2noc(C)n2)cc1C. The topological polar surface area (TPSA) is 77.2 Å². The van der Waals surface area contributed by atoms with Crippen LogP contribution in [0.1, 0.15) is 28.7 Å². The fourth-order valence-corrected chi connectivity index (χ4v) is 2.48. The van der Waals surface area contributed by atoms with Crippen LogP contribution < -0.4 is 10.1 Å². The molecule has 0 aliphatic heterocycles. The summed E-state index contributed by atoms with van der Waals surface area (Å²) < 4.78 is 10.5. The lowest BCUT2D eigenvalue weighted by molar-refractivity contribution is 0.102. The van der Waals surface area contributed by atoms with Crippen LogP contribution in [-0.2, 0) is 0 Å². The van der Waals surface area contributed by atoms with Crippen LogP contribution >= 0.6 is 0 Å². The van der Waals surface area contributed by atoms with Crippen molar-refractivity contribution in [2.75, 3.05) is 11.9 Å². The Kier molecular flexibility index (Phi) is 4.79. The first kappa shape index (κ1) is 16.7. The monoisotopic (exact) mass is 337 g/mol. The number of hydrogen-bond donors (Lipinski definition) is 1. The average molecular weight is 337 g/mol. The number of ether oxygens (including phenoxy) is 1. The molecule has 0 atom stereocenters. The van der Waals surface area contributed by atoms with Gasteiger partial charge in [0.15, 0.2) is 0 Å². The molecular weight excluding hydrogens is 318 g/mol. The highest BCUT2D eigenvalue weighted by Gasteiger charge is 2.14. The zero-order chi connectivity index (χ0) is 17.8. The third-order valence-electron chi connectivity index (χ3n) is 3.69. The quantitative estimate of drug-likeness (QED) is 0.761. The minimum absolute atomic E-state index is 0.213. The van der Waals surface area contributed by atoms with Crippen LogP contribution in [0.5, 0.6) is 5.75 Å². The minimum atomic E-state index is -0.213. The van der Waals surface area contributed by atoms with Gasteiger partial charge in [0.1, 0.15) is 5.75 Å². The number of anilines is 1. The number of rotatable bonds is 5. The Labute approximate surface area is 145 Å². The van der Waals surface area contributed by atoms with Crippen LogP contribution in [0.3, 0.4) is 0 Å². The lowest BCUT2D eigenvalue weighted by atomic mass is 10.1. The Morgan fingerprint density at radius 1 is 1.20 bits per heavy atom. The molecule has 6 heteroatoms. The van der Waals surface area contributed by atoms with Crippen molar-refractivity contribution < 1.29 is 14.1 Å². The van der Waals surface area contributed by atoms with Gasteiger partial charge in [-0.1, -0.05) is 17.3 Å². The van der Waals surface area contributed by atoms with Gasteiger partial charge < -0.3 is 14.6 Å². The first-order valence-corrected chi connectivity index (χ1v) is 8.03. The van der Waals surface area contributed by atoms with Crippen molar-refractivity contribution in [3.63, 3.8) is 0 Å². The van der Waals surface area contributed by atoms with Crippen molar-refractivity contribution in [1.29, 1.82) is 0 Å². The summed E-state index contributed by atoms with van der Waals surface area (Å²) in [5, 5.41) is 6.83. The maximum absolute atomic E-state index is 12.6. The van der Waals surface area contributed by atoms with Gasteiger partial charge in [0.05, 0.1) is 12.2 Å². The molecule has 0 saturated heterocycles. The van der Waals surface area contributed by atoms with Crippen molar-refractivity contribution in [3.8, 4) is 17.1 Å². The van der Waals surface area contributed by atoms with Gasteiger partial charge in [-0.3, -0.25) is 4.79 Å². The number of amides is 1. The largest absolute Gasteiger partial charge is 0.493 e. The summed E-state index contributed by atoms with van der Waals surface area (Å²) in [5.74, 6) is 1.40. The molecule has 25 heavy (non-hydrogen) atoms. The van der Waals surface area contributed by atoms with Gasteiger partial charge in [0, 0.05) is 18.2 Å². The average Bonchev–Trinajstić information content (AvgIpc) is 3.04. The summed E-state index contributed by atoms with van der Waals surface area (Å²) in [4.78, 5) is 16.8. The van der Waals surface area contributed by atoms with Crippen LogP contribution in [0.15, 0.2) is 47.0 Å². The molecule has 1 aromatic heterocycles. The number of nitrogens with zero attached hydrogens (tertiary/aromatic N) is 2. The number of hydrogen-bond acceptors (Lipinski definition) is 5. The van der Waals surface area contributed by atoms with E-state index in [-0.39, 0.29) is 5.91 Å². The Balaban J connectivity index is 1.82. The van der Waals surface area contributed by atoms with Crippen LogP contribution in [0, 0.1) is 13.8 Å². The molecule has 0 saturated carbocycles. The highest BCUT2D eigenvalue weighted by molar-refractivity contribution is 6.06. The summed E-state index contributed by atoms with van der Waals surface area (Å²) in [6.45, 7) is 6.05. The number of para-hydroxylation sites is 1. The van der Waals surface area contributed by atoms with Crippen LogP contribution in [-0.4, -0.2) is 22.7 Å². The summed E-state index contributed by atoms with van der Waals surface area (Å²) in [5.41, 5.74) is 2.96. The van der Waals surface area contributed by atoms with E-state index in [0.29, 0.717) is 29.6 Å². The Bertz CT molecular complexity index is 902. The first-order chi connectivity index (χ1) is 12.1. The second-order valence-electron chi connectivity index (χ2n) is 5.55. The third-order valence-corrected chi connectivity index (χ3v) is 3.69. The van der Waals surface area contributed by atoms with Gasteiger partial charge in [-0.25, -0.2) is 0 Å². The predicted molar refractivity (Wildman–Crippen MR) is 94.8 cm³/mol. The van der Waals surface area contributed by atoms with Crippen molar-refractivity contribution in [2.24, 2.45) is 0 Å². The summed E-state index contributed by atoms with van der Waals surface area (Å²) in [7, 11) is 0. The molecule has 1 N–H and O–H groups in total. The highest BCUT2D eigenvalue weighted by Crippen LogP contribution is 2.25. The maximum atomic E-state index is 12.6. The molecule has 128 valence electrons. The summed E-state index contributed by atoms with van der Waals surface area (Å²) in [6.07, 6.45) is 0. The fraction of sp³-hybridized carbons (Fsp3) is 0.211. The number of aromatic nitrogens is 2. The van der Waals surface area contributed by atoms with E-state index in [1.807, 2.05) is 44.2 Å². The molecule has 1 heterocycles. The van der Waals surface area contributed by atoms with Crippen LogP contribution in [0.2, 0.25) is 0 Å². The fourth-order valence-electron chi connectivity index (χ4n) is 2.48. The van der Waals surface area contributed by atoms with Gasteiger partial charge in [0.25, 0.3) is 5.91 Å². The zero-order valence-corrected chi connectivity index (χ0v) is 14.4. The smallest absolute Gasteiger partial charge is 0.259 e. The van der Waals surface area contributed by atoms with Crippen LogP contribution in [0.25, 0.3) is 11.4 Å². The Morgan fingerprint density at radius 3 is 2.68 bits per heavy atom. The van der Waals surface area contributed by atoms with Gasteiger partial charge in [-0.15, -0.1) is 0 Å². The number of nitrogens with one attached hydrogen (secondary N) is 1. The van der Waals surface area contributed by atoms with E-state index in [4.69, 9.17) is 9.26 Å². The van der Waals surface area contributed by atoms with Gasteiger partial charge >= 0.3 is 0 Å². The third kappa shape index (κ3) is 3.68. The van der Waals surface area contributed by atoms with E-state index >= 15 is 0 Å². The van der Waals surface area contributed by atoms with Crippen molar-refractivity contribution >= 4 is 11.6 Å². The number of carbonyl (C=O) groups is 1. The van der Waals surface area contributed by atoms with Crippen molar-refractivity contribution in [1.82, 2.24) is 10.1 Å². The molecule has 0 unspecified atom stereocenters. The lowest BCUT2D eigenvalue weighted by Gasteiger charge is -2.12. The summed E-state index contributed by atoms with van der Waals surface area (Å²) >= 11 is 0. The standard InChI is InChI=1S/C19H19N3O3/c1-4-24-17-8-6-5-7-15(17)19(23)21-16-10-9-14(11-12(16)2)18-20-13(3)25-22-18/h5-11H,4H2,1-3H3,(H,21,23). The number of benzene rings is 2. The molecule has 6 nitrogen and oxygen atoms in total. The normalized spacial score (nSPS) is 10.5. The Morgan fingerprint density at radius 2 is 2.00 bits per heavy atom. The minimum Gasteiger partial charge on any atom is -0.493 e. The van der Waals surface area contributed by atoms with Gasteiger partial charge in [-0.05, 0) is 49.7 Å². The molecule has 0 spiro atoms. The molecule has 0 bridgehead atoms. The summed E-state index contributed by atoms with van der Waals surface area (Å²) in [6, 6.07) is 12.8. The predicted octanol–water partition coefficient (Wildman–Crippen LogP) is 4.00. The van der Waals surface area contributed by atoms with Crippen molar-refractivity contribution in [3.05, 3.63) is 59.5 Å². The van der Waals surface area contributed by atoms with E-state index in [9.17, 15) is 4.79 Å². The second kappa shape index (κ2) is 7.17. The van der Waals surface area contributed by atoms with E-state index in [1.165, 1.54) is 0 Å². The number of aryl methyl sites for hydroxylation is 2. The second-order valence-corrected chi connectivity index (χ2v) is 5.55. The van der Waals surface area contributed by atoms with E-state index in [2.05, 4.69) is 15.5 Å². The highest BCUT2D eigenvalue weighted by atomic mass is 16.5. The molecule has 0 fully saturated rings. The van der Waals surface area contributed by atoms with E-state index in [0.717, 1.165) is 16.8 Å². The molecule has 0 aliphatic carbocycles. The van der Waals surface area contributed by atoms with Crippen molar-refractivity contribution in [2.45, 2.75) is 20.8 Å². The Hall–Kier alpha value is -3.15. The lowest BCUT2D eigenvalue weighted by Crippen LogP contribution is -2.14. The van der Waals surface area contributed by atoms with E-state index < -0.39 is 0 Å². The molecular formula is C19H19N3O3. The molecule has 3 aromatic rings. The molecule has 3 rings (SSSR count). The zero-order valence-electron chi connectivity index (χ0n) is 14.4. The van der Waals surface area contributed by atoms with Gasteiger partial charge in [-0.2, -0.15) is 4.98 Å². The first-order valence-electron chi connectivity index (χ1n) is 8.03. The number of carbonyl (C=O) groups excluding carboxylic acids is 1. The van der Waals surface area contributed by atoms with Crippen LogP contribution in [0.4, 0.5) is 5.69 Å². The molecule has 2 aromatic carbocycles. The molecule has 1 amide bonds. The van der Waals surface area contributed by atoms with E-state index in [1.54, 1.807) is 19.1 Å².